The van der Waals surface area contributed by atoms with Crippen LogP contribution < -0.4 is 0 Å². The lowest BCUT2D eigenvalue weighted by Crippen LogP contribution is -2.56. The highest BCUT2D eigenvalue weighted by Gasteiger charge is 2.63. The molecule has 3 N–H and O–H groups in total. The highest BCUT2D eigenvalue weighted by molar-refractivity contribution is 5.20. The predicted octanol–water partition coefficient (Wildman–Crippen LogP) is 3.67. The average Bonchev–Trinajstić information content (AvgIpc) is 2.85. The van der Waals surface area contributed by atoms with Crippen LogP contribution in [0.15, 0.2) is 12.2 Å². The maximum atomic E-state index is 11.4. The Kier molecular flexibility index (Phi) is 4.37. The minimum atomic E-state index is -0.744. The molecule has 0 aromatic rings. The molecule has 0 aliphatic heterocycles. The van der Waals surface area contributed by atoms with Crippen LogP contribution in [-0.4, -0.2) is 33.6 Å². The quantitative estimate of drug-likeness (QED) is 0.667. The summed E-state index contributed by atoms with van der Waals surface area (Å²) in [7, 11) is 0. The maximum Gasteiger partial charge on any atom is 0.0884 e. The van der Waals surface area contributed by atoms with Crippen LogP contribution in [0.1, 0.15) is 71.6 Å². The zero-order valence-electron chi connectivity index (χ0n) is 16.0. The third kappa shape index (κ3) is 2.49. The van der Waals surface area contributed by atoms with E-state index in [1.165, 1.54) is 25.7 Å². The molecule has 0 heterocycles. The lowest BCUT2D eigenvalue weighted by Gasteiger charge is -2.61. The van der Waals surface area contributed by atoms with Crippen molar-refractivity contribution in [3.8, 4) is 0 Å². The van der Waals surface area contributed by atoms with Gasteiger partial charge in [-0.3, -0.25) is 0 Å². The zero-order valence-corrected chi connectivity index (χ0v) is 16.0. The van der Waals surface area contributed by atoms with Gasteiger partial charge in [-0.15, -0.1) is 0 Å². The van der Waals surface area contributed by atoms with Gasteiger partial charge in [0.2, 0.25) is 0 Å². The number of fused-ring (bicyclic) bond motifs is 5. The topological polar surface area (TPSA) is 60.7 Å². The molecule has 8 atom stereocenters. The summed E-state index contributed by atoms with van der Waals surface area (Å²) in [5, 5.41) is 30.7. The summed E-state index contributed by atoms with van der Waals surface area (Å²) in [5.74, 6) is 2.79. The summed E-state index contributed by atoms with van der Waals surface area (Å²) >= 11 is 0. The highest BCUT2D eigenvalue weighted by atomic mass is 16.3. The Morgan fingerprint density at radius 3 is 2.48 bits per heavy atom. The fourth-order valence-corrected chi connectivity index (χ4v) is 7.81. The number of aliphatic hydroxyl groups is 3. The van der Waals surface area contributed by atoms with E-state index in [4.69, 9.17) is 0 Å². The van der Waals surface area contributed by atoms with Crippen molar-refractivity contribution in [3.05, 3.63) is 12.2 Å². The van der Waals surface area contributed by atoms with Crippen molar-refractivity contribution < 1.29 is 15.3 Å². The molecule has 3 nitrogen and oxygen atoms in total. The molecule has 4 aliphatic rings. The monoisotopic (exact) mass is 348 g/mol. The molecule has 4 aliphatic carbocycles. The molecule has 0 radical (unpaired) electrons. The van der Waals surface area contributed by atoms with Crippen molar-refractivity contribution in [3.63, 3.8) is 0 Å². The van der Waals surface area contributed by atoms with Gasteiger partial charge in [0.1, 0.15) is 0 Å². The first-order chi connectivity index (χ1) is 11.8. The molecule has 0 amide bonds. The van der Waals surface area contributed by atoms with E-state index in [1.54, 1.807) is 6.08 Å². The Labute approximate surface area is 152 Å². The van der Waals surface area contributed by atoms with Gasteiger partial charge in [-0.25, -0.2) is 0 Å². The third-order valence-corrected chi connectivity index (χ3v) is 9.35. The van der Waals surface area contributed by atoms with Crippen LogP contribution in [-0.2, 0) is 0 Å². The molecular weight excluding hydrogens is 312 g/mol. The fraction of sp³-hybridized carbons (Fsp3) is 0.909. The first-order valence-electron chi connectivity index (χ1n) is 10.5. The average molecular weight is 349 g/mol. The molecule has 0 aromatic heterocycles. The minimum Gasteiger partial charge on any atom is -0.393 e. The Morgan fingerprint density at radius 1 is 0.960 bits per heavy atom. The van der Waals surface area contributed by atoms with Crippen molar-refractivity contribution in [1.29, 1.82) is 0 Å². The van der Waals surface area contributed by atoms with E-state index in [-0.39, 0.29) is 18.1 Å². The van der Waals surface area contributed by atoms with Crippen LogP contribution in [0.3, 0.4) is 0 Å². The van der Waals surface area contributed by atoms with Crippen molar-refractivity contribution in [2.75, 3.05) is 6.61 Å². The zero-order chi connectivity index (χ0) is 17.9. The van der Waals surface area contributed by atoms with Gasteiger partial charge in [0, 0.05) is 5.41 Å². The molecule has 4 rings (SSSR count). The number of hydrogen-bond donors (Lipinski definition) is 3. The predicted molar refractivity (Wildman–Crippen MR) is 98.9 cm³/mol. The van der Waals surface area contributed by atoms with Crippen molar-refractivity contribution in [1.82, 2.24) is 0 Å². The van der Waals surface area contributed by atoms with E-state index in [1.807, 2.05) is 6.08 Å². The van der Waals surface area contributed by atoms with Crippen molar-refractivity contribution in [2.24, 2.45) is 34.5 Å². The Morgan fingerprint density at radius 2 is 1.72 bits per heavy atom. The Hall–Kier alpha value is -0.380. The summed E-state index contributed by atoms with van der Waals surface area (Å²) in [4.78, 5) is 0. The Balaban J connectivity index is 1.61. The maximum absolute atomic E-state index is 11.4. The lowest BCUT2D eigenvalue weighted by atomic mass is 9.44. The van der Waals surface area contributed by atoms with Gasteiger partial charge >= 0.3 is 0 Å². The second-order valence-electron chi connectivity index (χ2n) is 10.1. The molecule has 0 saturated heterocycles. The molecule has 4 fully saturated rings. The standard InChI is InChI=1S/C22H36O3/c1-20-10-6-16(24)14-15(20)4-5-17-18(20)7-11-21(2)19(17)8-12-22(21,25)9-3-13-23/h3,9,15-19,23-25H,4-8,10-14H2,1-2H3/b9-3+/t15-,16-,17+,18-,19-,20-,21-,22-/m0/s1. The van der Waals surface area contributed by atoms with E-state index < -0.39 is 5.60 Å². The first kappa shape index (κ1) is 18.0. The van der Waals surface area contributed by atoms with Gasteiger partial charge in [0.15, 0.2) is 0 Å². The van der Waals surface area contributed by atoms with E-state index in [0.717, 1.165) is 43.9 Å². The summed E-state index contributed by atoms with van der Waals surface area (Å²) in [5.41, 5.74) is -0.395. The minimum absolute atomic E-state index is 0.0111. The molecule has 0 unspecified atom stereocenters. The summed E-state index contributed by atoms with van der Waals surface area (Å²) < 4.78 is 0. The van der Waals surface area contributed by atoms with Crippen LogP contribution in [0.4, 0.5) is 0 Å². The summed E-state index contributed by atoms with van der Waals surface area (Å²) in [6.45, 7) is 4.83. The molecule has 0 bridgehead atoms. The van der Waals surface area contributed by atoms with E-state index in [2.05, 4.69) is 13.8 Å². The summed E-state index contributed by atoms with van der Waals surface area (Å²) in [6.07, 6.45) is 13.5. The largest absolute Gasteiger partial charge is 0.393 e. The molecule has 4 saturated carbocycles. The number of hydrogen-bond acceptors (Lipinski definition) is 3. The van der Waals surface area contributed by atoms with Crippen LogP contribution in [0, 0.1) is 34.5 Å². The fourth-order valence-electron chi connectivity index (χ4n) is 7.81. The first-order valence-corrected chi connectivity index (χ1v) is 10.5. The van der Waals surface area contributed by atoms with E-state index in [9.17, 15) is 15.3 Å². The smallest absolute Gasteiger partial charge is 0.0884 e. The van der Waals surface area contributed by atoms with Gasteiger partial charge in [-0.2, -0.15) is 0 Å². The van der Waals surface area contributed by atoms with Crippen LogP contribution >= 0.6 is 0 Å². The lowest BCUT2D eigenvalue weighted by molar-refractivity contribution is -0.146. The van der Waals surface area contributed by atoms with E-state index >= 15 is 0 Å². The molecular formula is C22H36O3. The second kappa shape index (κ2) is 6.07. The SMILES string of the molecule is C[C@]12CC[C@H](O)C[C@@H]1CC[C@@H]1[C@@H]2CC[C@@]2(C)[C@H]1CC[C@@]2(O)/C=C/CO. The number of aliphatic hydroxyl groups excluding tert-OH is 2. The normalized spacial score (nSPS) is 55.6. The van der Waals surface area contributed by atoms with Gasteiger partial charge in [-0.05, 0) is 86.9 Å². The van der Waals surface area contributed by atoms with Gasteiger partial charge < -0.3 is 15.3 Å². The molecule has 0 aromatic carbocycles. The van der Waals surface area contributed by atoms with Gasteiger partial charge in [0.05, 0.1) is 18.3 Å². The van der Waals surface area contributed by atoms with Crippen LogP contribution in [0.25, 0.3) is 0 Å². The summed E-state index contributed by atoms with van der Waals surface area (Å²) in [6, 6.07) is 0. The second-order valence-corrected chi connectivity index (χ2v) is 10.1. The molecule has 25 heavy (non-hydrogen) atoms. The van der Waals surface area contributed by atoms with Gasteiger partial charge in [0.25, 0.3) is 0 Å². The van der Waals surface area contributed by atoms with Crippen LogP contribution in [0.2, 0.25) is 0 Å². The van der Waals surface area contributed by atoms with Crippen LogP contribution in [0.5, 0.6) is 0 Å². The van der Waals surface area contributed by atoms with Crippen molar-refractivity contribution in [2.45, 2.75) is 83.3 Å². The number of rotatable bonds is 2. The van der Waals surface area contributed by atoms with Gasteiger partial charge in [-0.1, -0.05) is 26.0 Å². The third-order valence-electron chi connectivity index (χ3n) is 9.35. The van der Waals surface area contributed by atoms with E-state index in [0.29, 0.717) is 17.3 Å². The molecule has 142 valence electrons. The highest BCUT2D eigenvalue weighted by Crippen LogP contribution is 2.68. The van der Waals surface area contributed by atoms with Crippen molar-refractivity contribution >= 4 is 0 Å². The molecule has 3 heteroatoms. The molecule has 0 spiro atoms. The Bertz CT molecular complexity index is 545.